The van der Waals surface area contributed by atoms with Crippen molar-refractivity contribution in [1.29, 1.82) is 0 Å². The topological polar surface area (TPSA) is 29.3 Å². The van der Waals surface area contributed by atoms with Gasteiger partial charge in [0.15, 0.2) is 0 Å². The molecule has 2 N–H and O–H groups in total. The Morgan fingerprint density at radius 3 is 2.22 bits per heavy atom. The summed E-state index contributed by atoms with van der Waals surface area (Å²) in [6.07, 6.45) is 14.0. The fourth-order valence-corrected chi connectivity index (χ4v) is 2.71. The monoisotopic (exact) mass is 254 g/mol. The molecule has 0 aliphatic heterocycles. The molecule has 2 heteroatoms. The predicted octanol–water partition coefficient (Wildman–Crippen LogP) is 3.80. The average Bonchev–Trinajstić information content (AvgIpc) is 3.16. The zero-order valence-corrected chi connectivity index (χ0v) is 12.7. The van der Waals surface area contributed by atoms with Crippen molar-refractivity contribution in [2.75, 3.05) is 20.1 Å². The molecule has 1 saturated carbocycles. The number of likely N-dealkylation sites (N-methyl/N-ethyl adjacent to an activating group) is 1. The summed E-state index contributed by atoms with van der Waals surface area (Å²) >= 11 is 0. The van der Waals surface area contributed by atoms with Crippen molar-refractivity contribution in [3.8, 4) is 0 Å². The van der Waals surface area contributed by atoms with Crippen LogP contribution in [0.5, 0.6) is 0 Å². The van der Waals surface area contributed by atoms with Crippen LogP contribution in [0.4, 0.5) is 0 Å². The maximum Gasteiger partial charge on any atom is 0.0215 e. The van der Waals surface area contributed by atoms with E-state index in [0.717, 1.165) is 12.5 Å². The second kappa shape index (κ2) is 9.80. The predicted molar refractivity (Wildman–Crippen MR) is 80.8 cm³/mol. The Hall–Kier alpha value is -0.0800. The van der Waals surface area contributed by atoms with Crippen molar-refractivity contribution in [1.82, 2.24) is 4.90 Å². The molecule has 0 bridgehead atoms. The number of nitrogens with zero attached hydrogens (tertiary/aromatic N) is 1. The molecule has 1 fully saturated rings. The van der Waals surface area contributed by atoms with Crippen molar-refractivity contribution in [2.45, 2.75) is 77.2 Å². The summed E-state index contributed by atoms with van der Waals surface area (Å²) in [6, 6.07) is 0.626. The van der Waals surface area contributed by atoms with Gasteiger partial charge in [-0.1, -0.05) is 51.9 Å². The molecule has 0 aromatic carbocycles. The third-order valence-corrected chi connectivity index (χ3v) is 4.28. The van der Waals surface area contributed by atoms with Gasteiger partial charge in [-0.15, -0.1) is 0 Å². The van der Waals surface area contributed by atoms with E-state index in [2.05, 4.69) is 18.9 Å². The van der Waals surface area contributed by atoms with Gasteiger partial charge in [0.25, 0.3) is 0 Å². The zero-order chi connectivity index (χ0) is 13.2. The lowest BCUT2D eigenvalue weighted by atomic mass is 10.0. The largest absolute Gasteiger partial charge is 0.329 e. The van der Waals surface area contributed by atoms with E-state index in [9.17, 15) is 0 Å². The van der Waals surface area contributed by atoms with E-state index in [4.69, 9.17) is 5.73 Å². The third-order valence-electron chi connectivity index (χ3n) is 4.28. The van der Waals surface area contributed by atoms with Gasteiger partial charge in [-0.05, 0) is 32.2 Å². The second-order valence-corrected chi connectivity index (χ2v) is 6.18. The van der Waals surface area contributed by atoms with E-state index in [0.29, 0.717) is 6.04 Å². The lowest BCUT2D eigenvalue weighted by molar-refractivity contribution is 0.222. The van der Waals surface area contributed by atoms with E-state index in [1.54, 1.807) is 0 Å². The van der Waals surface area contributed by atoms with Crippen LogP contribution in [-0.4, -0.2) is 31.1 Å². The molecule has 0 amide bonds. The van der Waals surface area contributed by atoms with Crippen LogP contribution in [0.2, 0.25) is 0 Å². The number of unbranched alkanes of at least 4 members (excludes halogenated alkanes) is 6. The highest BCUT2D eigenvalue weighted by atomic mass is 15.1. The van der Waals surface area contributed by atoms with Gasteiger partial charge in [0, 0.05) is 19.1 Å². The first kappa shape index (κ1) is 16.0. The van der Waals surface area contributed by atoms with Crippen molar-refractivity contribution < 1.29 is 0 Å². The first-order valence-corrected chi connectivity index (χ1v) is 8.18. The highest BCUT2D eigenvalue weighted by Gasteiger charge is 2.25. The van der Waals surface area contributed by atoms with Crippen molar-refractivity contribution in [3.63, 3.8) is 0 Å². The average molecular weight is 254 g/mol. The summed E-state index contributed by atoms with van der Waals surface area (Å²) in [6.45, 7) is 4.39. The Morgan fingerprint density at radius 1 is 1.06 bits per heavy atom. The lowest BCUT2D eigenvalue weighted by Gasteiger charge is -2.27. The molecule has 0 heterocycles. The van der Waals surface area contributed by atoms with E-state index in [1.165, 1.54) is 70.8 Å². The summed E-state index contributed by atoms with van der Waals surface area (Å²) < 4.78 is 0. The Kier molecular flexibility index (Phi) is 8.70. The maximum absolute atomic E-state index is 5.91. The molecule has 0 spiro atoms. The first-order chi connectivity index (χ1) is 8.77. The Morgan fingerprint density at radius 2 is 1.67 bits per heavy atom. The second-order valence-electron chi connectivity index (χ2n) is 6.18. The highest BCUT2D eigenvalue weighted by molar-refractivity contribution is 4.79. The van der Waals surface area contributed by atoms with Gasteiger partial charge in [-0.2, -0.15) is 0 Å². The molecule has 108 valence electrons. The van der Waals surface area contributed by atoms with E-state index in [-0.39, 0.29) is 0 Å². The van der Waals surface area contributed by atoms with Crippen molar-refractivity contribution in [3.05, 3.63) is 0 Å². The molecular formula is C16H34N2. The van der Waals surface area contributed by atoms with Crippen LogP contribution >= 0.6 is 0 Å². The smallest absolute Gasteiger partial charge is 0.0215 e. The molecule has 0 saturated heterocycles. The normalized spacial score (nSPS) is 17.3. The van der Waals surface area contributed by atoms with Crippen LogP contribution in [0.3, 0.4) is 0 Å². The quantitative estimate of drug-likeness (QED) is 0.537. The molecule has 0 radical (unpaired) electrons. The molecule has 18 heavy (non-hydrogen) atoms. The van der Waals surface area contributed by atoms with Gasteiger partial charge in [0.2, 0.25) is 0 Å². The first-order valence-electron chi connectivity index (χ1n) is 8.18. The van der Waals surface area contributed by atoms with Crippen LogP contribution in [0.15, 0.2) is 0 Å². The minimum atomic E-state index is 0.626. The van der Waals surface area contributed by atoms with Gasteiger partial charge in [-0.25, -0.2) is 0 Å². The highest BCUT2D eigenvalue weighted by Crippen LogP contribution is 2.30. The zero-order valence-electron chi connectivity index (χ0n) is 12.7. The van der Waals surface area contributed by atoms with Gasteiger partial charge >= 0.3 is 0 Å². The summed E-state index contributed by atoms with van der Waals surface area (Å²) in [5.41, 5.74) is 5.91. The Bertz CT molecular complexity index is 190. The molecule has 1 aliphatic rings. The third kappa shape index (κ3) is 7.38. The van der Waals surface area contributed by atoms with Gasteiger partial charge in [0.1, 0.15) is 0 Å². The van der Waals surface area contributed by atoms with E-state index in [1.807, 2.05) is 0 Å². The number of rotatable bonds is 12. The molecular weight excluding hydrogens is 220 g/mol. The molecule has 1 unspecified atom stereocenters. The minimum Gasteiger partial charge on any atom is -0.329 e. The van der Waals surface area contributed by atoms with Crippen molar-refractivity contribution >= 4 is 0 Å². The van der Waals surface area contributed by atoms with Crippen molar-refractivity contribution in [2.24, 2.45) is 11.7 Å². The van der Waals surface area contributed by atoms with Gasteiger partial charge < -0.3 is 10.6 Å². The lowest BCUT2D eigenvalue weighted by Crippen LogP contribution is -2.39. The molecule has 2 nitrogen and oxygen atoms in total. The molecule has 0 aromatic heterocycles. The standard InChI is InChI=1S/C16H34N2/c1-3-4-5-6-7-8-9-10-16(13-17)18(2)14-15-11-12-15/h15-16H,3-14,17H2,1-2H3. The number of hydrogen-bond donors (Lipinski definition) is 1. The van der Waals surface area contributed by atoms with Gasteiger partial charge in [0.05, 0.1) is 0 Å². The summed E-state index contributed by atoms with van der Waals surface area (Å²) in [4.78, 5) is 2.51. The molecule has 1 rings (SSSR count). The SMILES string of the molecule is CCCCCCCCCC(CN)N(C)CC1CC1. The van der Waals surface area contributed by atoms with E-state index < -0.39 is 0 Å². The van der Waals surface area contributed by atoms with Crippen LogP contribution in [-0.2, 0) is 0 Å². The molecule has 1 aliphatic carbocycles. The van der Waals surface area contributed by atoms with Gasteiger partial charge in [-0.3, -0.25) is 0 Å². The van der Waals surface area contributed by atoms with Crippen LogP contribution in [0, 0.1) is 5.92 Å². The summed E-state index contributed by atoms with van der Waals surface area (Å²) in [5.74, 6) is 0.984. The molecule has 1 atom stereocenters. The minimum absolute atomic E-state index is 0.626. The number of nitrogens with two attached hydrogens (primary N) is 1. The fourth-order valence-electron chi connectivity index (χ4n) is 2.71. The Balaban J connectivity index is 1.96. The van der Waals surface area contributed by atoms with Crippen LogP contribution in [0.25, 0.3) is 0 Å². The molecule has 0 aromatic rings. The van der Waals surface area contributed by atoms with Crippen LogP contribution in [0.1, 0.15) is 71.1 Å². The fraction of sp³-hybridized carbons (Fsp3) is 1.00. The summed E-state index contributed by atoms with van der Waals surface area (Å²) in [5, 5.41) is 0. The maximum atomic E-state index is 5.91. The number of hydrogen-bond acceptors (Lipinski definition) is 2. The van der Waals surface area contributed by atoms with Crippen LogP contribution < -0.4 is 5.73 Å². The van der Waals surface area contributed by atoms with E-state index >= 15 is 0 Å². The summed E-state index contributed by atoms with van der Waals surface area (Å²) in [7, 11) is 2.26. The Labute approximate surface area is 114 Å².